The van der Waals surface area contributed by atoms with Crippen molar-refractivity contribution in [2.45, 2.75) is 37.4 Å². The summed E-state index contributed by atoms with van der Waals surface area (Å²) in [5, 5.41) is 2.51. The van der Waals surface area contributed by atoms with Crippen LogP contribution in [0.4, 0.5) is 0 Å². The van der Waals surface area contributed by atoms with Gasteiger partial charge in [0.2, 0.25) is 11.8 Å². The number of nitrogens with one attached hydrogen (secondary N) is 1. The van der Waals surface area contributed by atoms with Gasteiger partial charge in [-0.3, -0.25) is 24.0 Å². The zero-order valence-electron chi connectivity index (χ0n) is 30.6. The molecule has 280 valence electrons. The molecule has 4 aromatic carbocycles. The average molecular weight is 733 g/mol. The second-order valence-electron chi connectivity index (χ2n) is 13.4. The predicted molar refractivity (Wildman–Crippen MR) is 199 cm³/mol. The molecule has 54 heavy (non-hydrogen) atoms. The van der Waals surface area contributed by atoms with Crippen molar-refractivity contribution in [3.8, 4) is 11.5 Å². The predicted octanol–water partition coefficient (Wildman–Crippen LogP) is 5.38. The van der Waals surface area contributed by atoms with Crippen LogP contribution in [0.5, 0.6) is 11.5 Å². The van der Waals surface area contributed by atoms with Crippen LogP contribution in [0.2, 0.25) is 0 Å². The number of hydrogen-bond donors (Lipinski definition) is 1. The van der Waals surface area contributed by atoms with E-state index < -0.39 is 29.5 Å². The molecule has 1 fully saturated rings. The van der Waals surface area contributed by atoms with Gasteiger partial charge < -0.3 is 29.2 Å². The van der Waals surface area contributed by atoms with Crippen LogP contribution >= 0.6 is 0 Å². The first-order valence-electron chi connectivity index (χ1n) is 18.0. The highest BCUT2D eigenvalue weighted by atomic mass is 16.6. The zero-order valence-corrected chi connectivity index (χ0v) is 30.6. The fraction of sp³-hybridized carbons (Fsp3) is 0.326. The number of nitrogens with zero attached hydrogens (tertiary/aromatic N) is 1. The monoisotopic (exact) mass is 732 g/mol. The molecule has 1 saturated heterocycles. The van der Waals surface area contributed by atoms with Crippen molar-refractivity contribution in [2.75, 3.05) is 41.0 Å². The Hall–Kier alpha value is -5.81. The minimum absolute atomic E-state index is 0.0350. The standard InChI is InChI=1S/C43H44N2O9/c1-44-38(46)22-24-40(48)54-37-26-45(39(47)23-21-36-41(49)34-11-7-8-12-35(34)42(36)50)25-28(37)27-53-43(29-9-5-4-6-10-29,30-13-17-32(51-2)18-14-30)31-15-19-33(52-3)20-16-31/h4-20,28,36-37H,21-27H2,1-3H3,(H,44,46). The van der Waals surface area contributed by atoms with Crippen molar-refractivity contribution in [2.24, 2.45) is 11.8 Å². The van der Waals surface area contributed by atoms with E-state index in [2.05, 4.69) is 5.32 Å². The lowest BCUT2D eigenvalue weighted by Gasteiger charge is -2.37. The largest absolute Gasteiger partial charge is 0.497 e. The number of ketones is 2. The number of carbonyl (C=O) groups is 5. The normalized spacial score (nSPS) is 16.9. The minimum atomic E-state index is -1.15. The summed E-state index contributed by atoms with van der Waals surface area (Å²) in [5.41, 5.74) is 2.10. The molecule has 2 unspecified atom stereocenters. The van der Waals surface area contributed by atoms with Crippen LogP contribution in [0.3, 0.4) is 0 Å². The Labute approximate surface area is 314 Å². The second-order valence-corrected chi connectivity index (χ2v) is 13.4. The second kappa shape index (κ2) is 16.9. The van der Waals surface area contributed by atoms with Crippen molar-refractivity contribution in [3.63, 3.8) is 0 Å². The summed E-state index contributed by atoms with van der Waals surface area (Å²) in [4.78, 5) is 66.4. The third kappa shape index (κ3) is 7.91. The molecule has 0 spiro atoms. The Balaban J connectivity index is 1.28. The highest BCUT2D eigenvalue weighted by Crippen LogP contribution is 2.43. The maximum absolute atomic E-state index is 13.8. The lowest BCUT2D eigenvalue weighted by molar-refractivity contribution is -0.153. The van der Waals surface area contributed by atoms with E-state index in [0.29, 0.717) is 22.6 Å². The first kappa shape index (κ1) is 37.9. The molecule has 6 rings (SSSR count). The number of rotatable bonds is 15. The van der Waals surface area contributed by atoms with Gasteiger partial charge in [-0.2, -0.15) is 0 Å². The fourth-order valence-electron chi connectivity index (χ4n) is 7.31. The van der Waals surface area contributed by atoms with Crippen LogP contribution in [-0.4, -0.2) is 81.3 Å². The third-order valence-corrected chi connectivity index (χ3v) is 10.3. The Bertz CT molecular complexity index is 1900. The lowest BCUT2D eigenvalue weighted by Crippen LogP contribution is -2.37. The molecule has 4 aromatic rings. The van der Waals surface area contributed by atoms with Gasteiger partial charge in [0.15, 0.2) is 11.6 Å². The maximum atomic E-state index is 13.8. The molecule has 0 saturated carbocycles. The van der Waals surface area contributed by atoms with Gasteiger partial charge in [-0.05, 0) is 47.4 Å². The number of likely N-dealkylation sites (tertiary alicyclic amines) is 1. The molecule has 0 aromatic heterocycles. The van der Waals surface area contributed by atoms with Crippen molar-refractivity contribution < 1.29 is 42.9 Å². The van der Waals surface area contributed by atoms with E-state index in [1.54, 1.807) is 43.4 Å². The van der Waals surface area contributed by atoms with Crippen molar-refractivity contribution in [1.29, 1.82) is 0 Å². The molecule has 1 heterocycles. The van der Waals surface area contributed by atoms with E-state index in [1.807, 2.05) is 78.9 Å². The highest BCUT2D eigenvalue weighted by Gasteiger charge is 2.44. The number of benzene rings is 4. The summed E-state index contributed by atoms with van der Waals surface area (Å²) >= 11 is 0. The first-order chi connectivity index (χ1) is 26.2. The van der Waals surface area contributed by atoms with Crippen LogP contribution in [0, 0.1) is 11.8 Å². The molecule has 0 radical (unpaired) electrons. The summed E-state index contributed by atoms with van der Waals surface area (Å²) in [6.07, 6.45) is -0.872. The number of carbonyl (C=O) groups excluding carboxylic acids is 5. The van der Waals surface area contributed by atoms with Gasteiger partial charge >= 0.3 is 5.97 Å². The van der Waals surface area contributed by atoms with E-state index in [0.717, 1.165) is 16.7 Å². The quantitative estimate of drug-likeness (QED) is 0.0970. The van der Waals surface area contributed by atoms with E-state index in [4.69, 9.17) is 18.9 Å². The van der Waals surface area contributed by atoms with Crippen LogP contribution in [0.15, 0.2) is 103 Å². The highest BCUT2D eigenvalue weighted by molar-refractivity contribution is 6.26. The number of ether oxygens (including phenoxy) is 4. The molecular weight excluding hydrogens is 688 g/mol. The number of methoxy groups -OCH3 is 2. The van der Waals surface area contributed by atoms with E-state index in [-0.39, 0.29) is 68.8 Å². The van der Waals surface area contributed by atoms with Gasteiger partial charge in [-0.15, -0.1) is 0 Å². The van der Waals surface area contributed by atoms with Crippen molar-refractivity contribution in [3.05, 3.63) is 131 Å². The first-order valence-corrected chi connectivity index (χ1v) is 18.0. The molecule has 11 nitrogen and oxygen atoms in total. The summed E-state index contributed by atoms with van der Waals surface area (Å²) < 4.78 is 24.0. The maximum Gasteiger partial charge on any atom is 0.306 e. The Morgan fingerprint density at radius 1 is 0.704 bits per heavy atom. The topological polar surface area (TPSA) is 138 Å². The van der Waals surface area contributed by atoms with Crippen molar-refractivity contribution >= 4 is 29.4 Å². The lowest BCUT2D eigenvalue weighted by atomic mass is 9.80. The van der Waals surface area contributed by atoms with Crippen LogP contribution in [0.25, 0.3) is 0 Å². The number of fused-ring (bicyclic) bond motifs is 1. The summed E-state index contributed by atoms with van der Waals surface area (Å²) in [7, 11) is 4.70. The molecule has 2 amide bonds. The minimum Gasteiger partial charge on any atom is -0.497 e. The van der Waals surface area contributed by atoms with Gasteiger partial charge in [-0.25, -0.2) is 0 Å². The molecule has 1 aliphatic carbocycles. The van der Waals surface area contributed by atoms with Gasteiger partial charge in [-0.1, -0.05) is 78.9 Å². The number of amides is 2. The van der Waals surface area contributed by atoms with Gasteiger partial charge in [0.05, 0.1) is 39.7 Å². The van der Waals surface area contributed by atoms with Gasteiger partial charge in [0.1, 0.15) is 23.2 Å². The molecule has 2 aliphatic rings. The van der Waals surface area contributed by atoms with Crippen LogP contribution in [0.1, 0.15) is 63.1 Å². The van der Waals surface area contributed by atoms with E-state index in [9.17, 15) is 24.0 Å². The van der Waals surface area contributed by atoms with Crippen molar-refractivity contribution in [1.82, 2.24) is 10.2 Å². The Kier molecular flexibility index (Phi) is 11.9. The van der Waals surface area contributed by atoms with Gasteiger partial charge in [0.25, 0.3) is 0 Å². The molecule has 1 N–H and O–H groups in total. The summed E-state index contributed by atoms with van der Waals surface area (Å²) in [6.45, 7) is 0.364. The van der Waals surface area contributed by atoms with Crippen LogP contribution in [-0.2, 0) is 29.5 Å². The fourth-order valence-corrected chi connectivity index (χ4v) is 7.31. The number of Topliss-reactive ketones (excluding diaryl/α,β-unsaturated/α-hetero) is 2. The average Bonchev–Trinajstić information content (AvgIpc) is 3.73. The number of esters is 1. The SMILES string of the molecule is CNC(=O)CCC(=O)OC1CN(C(=O)CCC2C(=O)c3ccccc3C2=O)CC1COC(c1ccccc1)(c1ccc(OC)cc1)c1ccc(OC)cc1. The summed E-state index contributed by atoms with van der Waals surface area (Å²) in [6, 6.07) is 31.7. The number of hydrogen-bond acceptors (Lipinski definition) is 9. The molecule has 0 bridgehead atoms. The Morgan fingerprint density at radius 3 is 1.78 bits per heavy atom. The van der Waals surface area contributed by atoms with Crippen LogP contribution < -0.4 is 14.8 Å². The molecular formula is C43H44N2O9. The summed E-state index contributed by atoms with van der Waals surface area (Å²) in [5.74, 6) is -1.68. The van der Waals surface area contributed by atoms with E-state index in [1.165, 1.54) is 7.05 Å². The zero-order chi connectivity index (χ0) is 38.2. The van der Waals surface area contributed by atoms with Gasteiger partial charge in [0, 0.05) is 43.5 Å². The molecule has 2 atom stereocenters. The smallest absolute Gasteiger partial charge is 0.306 e. The van der Waals surface area contributed by atoms with E-state index >= 15 is 0 Å². The molecule has 11 heteroatoms. The third-order valence-electron chi connectivity index (χ3n) is 10.3. The Morgan fingerprint density at radius 2 is 1.24 bits per heavy atom. The molecule has 1 aliphatic heterocycles.